The Balaban J connectivity index is 1.39. The van der Waals surface area contributed by atoms with Gasteiger partial charge in [-0.3, -0.25) is 9.59 Å². The summed E-state index contributed by atoms with van der Waals surface area (Å²) in [6.45, 7) is 2.10. The highest BCUT2D eigenvalue weighted by atomic mass is 16.2. The first kappa shape index (κ1) is 15.7. The number of hydrogen-bond acceptors (Lipinski definition) is 2. The average Bonchev–Trinajstić information content (AvgIpc) is 2.54. The van der Waals surface area contributed by atoms with Crippen molar-refractivity contribution in [3.8, 4) is 0 Å². The molecule has 4 aliphatic carbocycles. The molecule has 4 saturated carbocycles. The lowest BCUT2D eigenvalue weighted by atomic mass is 9.48. The van der Waals surface area contributed by atoms with Gasteiger partial charge in [0, 0.05) is 11.7 Å². The highest BCUT2D eigenvalue weighted by Crippen LogP contribution is 2.61. The molecule has 2 amide bonds. The molecule has 0 heterocycles. The van der Waals surface area contributed by atoms with Crippen molar-refractivity contribution in [3.63, 3.8) is 0 Å². The van der Waals surface area contributed by atoms with Crippen LogP contribution in [0.2, 0.25) is 0 Å². The van der Waals surface area contributed by atoms with Crippen LogP contribution in [0.4, 0.5) is 5.69 Å². The number of benzene rings is 1. The minimum absolute atomic E-state index is 0.0694. The van der Waals surface area contributed by atoms with Crippen molar-refractivity contribution in [3.05, 3.63) is 30.3 Å². The molecule has 0 aromatic heterocycles. The average molecular weight is 326 g/mol. The fraction of sp³-hybridized carbons (Fsp3) is 0.600. The van der Waals surface area contributed by atoms with Gasteiger partial charge in [0.05, 0.1) is 0 Å². The summed E-state index contributed by atoms with van der Waals surface area (Å²) in [6.07, 6.45) is 7.82. The Hall–Kier alpha value is -1.84. The Kier molecular flexibility index (Phi) is 3.86. The van der Waals surface area contributed by atoms with Gasteiger partial charge in [-0.15, -0.1) is 0 Å². The third-order valence-corrected chi connectivity index (χ3v) is 6.59. The third kappa shape index (κ3) is 2.83. The number of carbonyl (C=O) groups is 2. The molecule has 1 atom stereocenters. The van der Waals surface area contributed by atoms with Crippen LogP contribution in [0.3, 0.4) is 0 Å². The highest BCUT2D eigenvalue weighted by Gasteiger charge is 2.53. The largest absolute Gasteiger partial charge is 0.345 e. The van der Waals surface area contributed by atoms with Crippen LogP contribution >= 0.6 is 0 Å². The number of rotatable bonds is 3. The van der Waals surface area contributed by atoms with E-state index in [0.717, 1.165) is 17.8 Å². The molecule has 4 aliphatic rings. The van der Waals surface area contributed by atoms with Gasteiger partial charge in [-0.2, -0.15) is 0 Å². The second-order valence-electron chi connectivity index (χ2n) is 8.30. The molecule has 0 spiro atoms. The standard InChI is InChI=1S/C20H26N2O2/c1-13(20-10-14-7-15(11-20)9-16(8-14)12-20)21-18(23)19(24)22-17-5-3-2-4-6-17/h2-6,13-16H,7-12H2,1H3,(H,21,23)(H,22,24). The summed E-state index contributed by atoms with van der Waals surface area (Å²) < 4.78 is 0. The highest BCUT2D eigenvalue weighted by molar-refractivity contribution is 6.39. The van der Waals surface area contributed by atoms with Crippen LogP contribution in [0.5, 0.6) is 0 Å². The van der Waals surface area contributed by atoms with Gasteiger partial charge in [0.1, 0.15) is 0 Å². The van der Waals surface area contributed by atoms with E-state index in [9.17, 15) is 9.59 Å². The van der Waals surface area contributed by atoms with Crippen molar-refractivity contribution in [1.82, 2.24) is 5.32 Å². The smallest absolute Gasteiger partial charge is 0.313 e. The second-order valence-corrected chi connectivity index (χ2v) is 8.30. The summed E-state index contributed by atoms with van der Waals surface area (Å²) >= 11 is 0. The molecular formula is C20H26N2O2. The number of para-hydroxylation sites is 1. The van der Waals surface area contributed by atoms with E-state index in [0.29, 0.717) is 5.69 Å². The van der Waals surface area contributed by atoms with Crippen molar-refractivity contribution in [1.29, 1.82) is 0 Å². The molecule has 24 heavy (non-hydrogen) atoms. The zero-order valence-electron chi connectivity index (χ0n) is 14.3. The number of carbonyl (C=O) groups excluding carboxylic acids is 2. The van der Waals surface area contributed by atoms with Gasteiger partial charge in [0.15, 0.2) is 0 Å². The van der Waals surface area contributed by atoms with Gasteiger partial charge in [-0.25, -0.2) is 0 Å². The fourth-order valence-corrected chi connectivity index (χ4v) is 5.83. The van der Waals surface area contributed by atoms with Crippen molar-refractivity contribution in [2.75, 3.05) is 5.32 Å². The van der Waals surface area contributed by atoms with Crippen LogP contribution in [0.1, 0.15) is 45.4 Å². The molecule has 4 fully saturated rings. The monoisotopic (exact) mass is 326 g/mol. The predicted octanol–water partition coefficient (Wildman–Crippen LogP) is 3.35. The molecule has 1 aromatic carbocycles. The van der Waals surface area contributed by atoms with Crippen molar-refractivity contribution >= 4 is 17.5 Å². The minimum Gasteiger partial charge on any atom is -0.345 e. The molecule has 5 rings (SSSR count). The maximum atomic E-state index is 12.3. The van der Waals surface area contributed by atoms with Crippen LogP contribution in [0.15, 0.2) is 30.3 Å². The number of nitrogens with one attached hydrogen (secondary N) is 2. The first-order valence-electron chi connectivity index (χ1n) is 9.21. The van der Waals surface area contributed by atoms with Crippen LogP contribution in [0.25, 0.3) is 0 Å². The lowest BCUT2D eigenvalue weighted by molar-refractivity contribution is -0.138. The molecule has 0 radical (unpaired) electrons. The summed E-state index contributed by atoms with van der Waals surface area (Å²) in [5.41, 5.74) is 0.873. The molecule has 0 saturated heterocycles. The van der Waals surface area contributed by atoms with E-state index >= 15 is 0 Å². The van der Waals surface area contributed by atoms with E-state index in [1.807, 2.05) is 18.2 Å². The maximum Gasteiger partial charge on any atom is 0.313 e. The number of anilines is 1. The summed E-state index contributed by atoms with van der Waals surface area (Å²) in [5.74, 6) is 1.44. The molecule has 2 N–H and O–H groups in total. The van der Waals surface area contributed by atoms with Gasteiger partial charge >= 0.3 is 11.8 Å². The van der Waals surface area contributed by atoms with E-state index in [4.69, 9.17) is 0 Å². The van der Waals surface area contributed by atoms with E-state index in [-0.39, 0.29) is 11.5 Å². The fourth-order valence-electron chi connectivity index (χ4n) is 5.83. The van der Waals surface area contributed by atoms with Gasteiger partial charge in [0.2, 0.25) is 0 Å². The normalized spacial score (nSPS) is 34.6. The van der Waals surface area contributed by atoms with Crippen molar-refractivity contribution in [2.24, 2.45) is 23.2 Å². The van der Waals surface area contributed by atoms with E-state index in [2.05, 4.69) is 17.6 Å². The summed E-state index contributed by atoms with van der Waals surface area (Å²) in [6, 6.07) is 9.20. The van der Waals surface area contributed by atoms with Gasteiger partial charge < -0.3 is 10.6 Å². The van der Waals surface area contributed by atoms with E-state index in [1.54, 1.807) is 12.1 Å². The topological polar surface area (TPSA) is 58.2 Å². The molecule has 1 aromatic rings. The zero-order chi connectivity index (χ0) is 16.7. The molecule has 4 heteroatoms. The maximum absolute atomic E-state index is 12.3. The van der Waals surface area contributed by atoms with Crippen molar-refractivity contribution < 1.29 is 9.59 Å². The molecule has 128 valence electrons. The Morgan fingerprint density at radius 1 is 0.958 bits per heavy atom. The van der Waals surface area contributed by atoms with Crippen LogP contribution in [0, 0.1) is 23.2 Å². The third-order valence-electron chi connectivity index (χ3n) is 6.59. The first-order valence-corrected chi connectivity index (χ1v) is 9.21. The van der Waals surface area contributed by atoms with Crippen LogP contribution < -0.4 is 10.6 Å². The van der Waals surface area contributed by atoms with Gasteiger partial charge in [-0.05, 0) is 80.8 Å². The Morgan fingerprint density at radius 3 is 2.04 bits per heavy atom. The van der Waals surface area contributed by atoms with Gasteiger partial charge in [-0.1, -0.05) is 18.2 Å². The van der Waals surface area contributed by atoms with E-state index in [1.165, 1.54) is 38.5 Å². The Labute approximate surface area is 143 Å². The molecule has 4 bridgehead atoms. The summed E-state index contributed by atoms with van der Waals surface area (Å²) in [5, 5.41) is 5.68. The summed E-state index contributed by atoms with van der Waals surface area (Å²) in [4.78, 5) is 24.5. The molecule has 4 nitrogen and oxygen atoms in total. The lowest BCUT2D eigenvalue weighted by Crippen LogP contribution is -2.57. The molecular weight excluding hydrogens is 300 g/mol. The quantitative estimate of drug-likeness (QED) is 0.837. The number of amides is 2. The van der Waals surface area contributed by atoms with E-state index < -0.39 is 11.8 Å². The zero-order valence-corrected chi connectivity index (χ0v) is 14.3. The predicted molar refractivity (Wildman–Crippen MR) is 93.3 cm³/mol. The number of hydrogen-bond donors (Lipinski definition) is 2. The SMILES string of the molecule is CC(NC(=O)C(=O)Nc1ccccc1)C12CC3CC(CC(C3)C1)C2. The second kappa shape index (κ2) is 5.91. The molecule has 0 aliphatic heterocycles. The Bertz CT molecular complexity index is 605. The lowest BCUT2D eigenvalue weighted by Gasteiger charge is -2.59. The van der Waals surface area contributed by atoms with Gasteiger partial charge in [0.25, 0.3) is 0 Å². The first-order chi connectivity index (χ1) is 11.5. The van der Waals surface area contributed by atoms with Crippen LogP contribution in [-0.4, -0.2) is 17.9 Å². The Morgan fingerprint density at radius 2 is 1.50 bits per heavy atom. The van der Waals surface area contributed by atoms with Crippen molar-refractivity contribution in [2.45, 2.75) is 51.5 Å². The summed E-state index contributed by atoms with van der Waals surface area (Å²) in [7, 11) is 0. The minimum atomic E-state index is -0.572. The van der Waals surface area contributed by atoms with Crippen LogP contribution in [-0.2, 0) is 9.59 Å². The molecule has 1 unspecified atom stereocenters.